The Balaban J connectivity index is 3.04. The summed E-state index contributed by atoms with van der Waals surface area (Å²) in [6, 6.07) is 2.85. The first-order chi connectivity index (χ1) is 7.10. The number of aromatic hydroxyl groups is 1. The van der Waals surface area contributed by atoms with E-state index in [1.165, 1.54) is 19.2 Å². The molecule has 15 heavy (non-hydrogen) atoms. The fourth-order valence-corrected chi connectivity index (χ4v) is 1.57. The Labute approximate surface area is 93.2 Å². The van der Waals surface area contributed by atoms with Gasteiger partial charge in [-0.3, -0.25) is 0 Å². The van der Waals surface area contributed by atoms with Gasteiger partial charge in [0.25, 0.3) is 0 Å². The largest absolute Gasteiger partial charge is 0.504 e. The zero-order valence-electron chi connectivity index (χ0n) is 8.40. The van der Waals surface area contributed by atoms with Crippen LogP contribution in [0, 0.1) is 0 Å². The zero-order chi connectivity index (χ0) is 11.4. The topological polar surface area (TPSA) is 75.7 Å². The first-order valence-corrected chi connectivity index (χ1v) is 4.92. The molecule has 5 heteroatoms. The monoisotopic (exact) mass is 231 g/mol. The predicted octanol–water partition coefficient (Wildman–Crippen LogP) is 1.44. The van der Waals surface area contributed by atoms with E-state index in [9.17, 15) is 10.2 Å². The summed E-state index contributed by atoms with van der Waals surface area (Å²) in [6.07, 6.45) is -0.370. The molecule has 4 nitrogen and oxygen atoms in total. The van der Waals surface area contributed by atoms with Crippen LogP contribution in [-0.2, 0) is 0 Å². The molecule has 0 spiro atoms. The highest BCUT2D eigenvalue weighted by Gasteiger charge is 2.14. The van der Waals surface area contributed by atoms with E-state index >= 15 is 0 Å². The number of hydrogen-bond donors (Lipinski definition) is 3. The predicted molar refractivity (Wildman–Crippen MR) is 58.3 cm³/mol. The Bertz CT molecular complexity index is 344. The lowest BCUT2D eigenvalue weighted by atomic mass is 10.1. The van der Waals surface area contributed by atoms with Crippen LogP contribution in [-0.4, -0.2) is 23.9 Å². The highest BCUT2D eigenvalue weighted by atomic mass is 35.5. The number of phenols is 1. The number of ether oxygens (including phenoxy) is 1. The summed E-state index contributed by atoms with van der Waals surface area (Å²) in [5.74, 6) is 0.233. The lowest BCUT2D eigenvalue weighted by molar-refractivity contribution is 0.170. The maximum absolute atomic E-state index is 9.67. The number of methoxy groups -OCH3 is 1. The highest BCUT2D eigenvalue weighted by Crippen LogP contribution is 2.35. The number of rotatable bonds is 4. The summed E-state index contributed by atoms with van der Waals surface area (Å²) in [5.41, 5.74) is 5.78. The van der Waals surface area contributed by atoms with Gasteiger partial charge in [-0.25, -0.2) is 0 Å². The third-order valence-electron chi connectivity index (χ3n) is 2.10. The van der Waals surface area contributed by atoms with Crippen molar-refractivity contribution in [2.45, 2.75) is 12.5 Å². The summed E-state index contributed by atoms with van der Waals surface area (Å²) < 4.78 is 4.88. The molecule has 0 bridgehead atoms. The van der Waals surface area contributed by atoms with E-state index < -0.39 is 6.10 Å². The summed E-state index contributed by atoms with van der Waals surface area (Å²) in [5, 5.41) is 19.5. The molecule has 0 fully saturated rings. The van der Waals surface area contributed by atoms with Gasteiger partial charge < -0.3 is 20.7 Å². The van der Waals surface area contributed by atoms with Gasteiger partial charge in [0, 0.05) is 11.6 Å². The summed E-state index contributed by atoms with van der Waals surface area (Å²) in [4.78, 5) is 0. The zero-order valence-corrected chi connectivity index (χ0v) is 9.16. The molecule has 4 N–H and O–H groups in total. The van der Waals surface area contributed by atoms with Gasteiger partial charge in [-0.1, -0.05) is 11.6 Å². The molecule has 0 aliphatic heterocycles. The van der Waals surface area contributed by atoms with Crippen LogP contribution in [0.4, 0.5) is 0 Å². The molecule has 0 heterocycles. The van der Waals surface area contributed by atoms with E-state index in [1.807, 2.05) is 0 Å². The Morgan fingerprint density at radius 3 is 2.73 bits per heavy atom. The van der Waals surface area contributed by atoms with Gasteiger partial charge in [0.1, 0.15) is 0 Å². The lowest BCUT2D eigenvalue weighted by Gasteiger charge is -2.13. The molecule has 0 amide bonds. The van der Waals surface area contributed by atoms with Crippen molar-refractivity contribution in [1.82, 2.24) is 0 Å². The molecule has 1 atom stereocenters. The minimum atomic E-state index is -0.765. The number of phenolic OH excluding ortho intramolecular Hbond substituents is 1. The minimum absolute atomic E-state index is 0.0482. The molecule has 1 rings (SSSR count). The van der Waals surface area contributed by atoms with Gasteiger partial charge in [-0.2, -0.15) is 0 Å². The Morgan fingerprint density at radius 2 is 2.20 bits per heavy atom. The second-order valence-electron chi connectivity index (χ2n) is 3.14. The Kier molecular flexibility index (Phi) is 4.20. The maximum atomic E-state index is 9.67. The summed E-state index contributed by atoms with van der Waals surface area (Å²) in [6.45, 7) is 0.351. The van der Waals surface area contributed by atoms with Crippen LogP contribution in [0.25, 0.3) is 0 Å². The van der Waals surface area contributed by atoms with Crippen LogP contribution >= 0.6 is 11.6 Å². The third kappa shape index (κ3) is 2.75. The number of nitrogens with two attached hydrogens (primary N) is 1. The number of benzene rings is 1. The van der Waals surface area contributed by atoms with Crippen molar-refractivity contribution >= 4 is 11.6 Å². The van der Waals surface area contributed by atoms with Crippen molar-refractivity contribution in [3.8, 4) is 11.5 Å². The van der Waals surface area contributed by atoms with Crippen molar-refractivity contribution in [2.24, 2.45) is 5.73 Å². The van der Waals surface area contributed by atoms with Crippen molar-refractivity contribution in [3.05, 3.63) is 22.7 Å². The molecule has 0 saturated heterocycles. The molecule has 0 aromatic heterocycles. The molecule has 84 valence electrons. The Morgan fingerprint density at radius 1 is 1.53 bits per heavy atom. The SMILES string of the molecule is COc1cc(Cl)c(C(O)CCN)cc1O. The van der Waals surface area contributed by atoms with E-state index in [1.54, 1.807) is 0 Å². The fourth-order valence-electron chi connectivity index (χ4n) is 1.29. The standard InChI is InChI=1S/C10H14ClNO3/c1-15-10-5-7(11)6(4-9(10)14)8(13)2-3-12/h4-5,8,13-14H,2-3,12H2,1H3. The highest BCUT2D eigenvalue weighted by molar-refractivity contribution is 6.31. The number of aliphatic hydroxyl groups is 1. The van der Waals surface area contributed by atoms with Gasteiger partial charge in [0.15, 0.2) is 11.5 Å². The van der Waals surface area contributed by atoms with Crippen molar-refractivity contribution in [1.29, 1.82) is 0 Å². The normalized spacial score (nSPS) is 12.5. The molecule has 1 aromatic carbocycles. The second kappa shape index (κ2) is 5.21. The van der Waals surface area contributed by atoms with Gasteiger partial charge in [-0.15, -0.1) is 0 Å². The summed E-state index contributed by atoms with van der Waals surface area (Å²) >= 11 is 5.92. The van der Waals surface area contributed by atoms with Crippen molar-refractivity contribution in [2.75, 3.05) is 13.7 Å². The average Bonchev–Trinajstić information content (AvgIpc) is 2.21. The number of halogens is 1. The van der Waals surface area contributed by atoms with E-state index in [4.69, 9.17) is 22.1 Å². The van der Waals surface area contributed by atoms with Gasteiger partial charge in [-0.05, 0) is 19.0 Å². The van der Waals surface area contributed by atoms with E-state index in [-0.39, 0.29) is 11.5 Å². The first kappa shape index (κ1) is 12.1. The smallest absolute Gasteiger partial charge is 0.161 e. The third-order valence-corrected chi connectivity index (χ3v) is 2.42. The lowest BCUT2D eigenvalue weighted by Crippen LogP contribution is -2.07. The molecule has 0 aliphatic carbocycles. The summed E-state index contributed by atoms with van der Waals surface area (Å²) in [7, 11) is 1.43. The van der Waals surface area contributed by atoms with Crippen molar-refractivity contribution in [3.63, 3.8) is 0 Å². The molecule has 0 radical (unpaired) electrons. The maximum Gasteiger partial charge on any atom is 0.161 e. The first-order valence-electron chi connectivity index (χ1n) is 4.54. The minimum Gasteiger partial charge on any atom is -0.504 e. The number of hydrogen-bond acceptors (Lipinski definition) is 4. The van der Waals surface area contributed by atoms with Gasteiger partial charge >= 0.3 is 0 Å². The molecule has 1 unspecified atom stereocenters. The average molecular weight is 232 g/mol. The molecular weight excluding hydrogens is 218 g/mol. The van der Waals surface area contributed by atoms with Gasteiger partial charge in [0.05, 0.1) is 18.2 Å². The second-order valence-corrected chi connectivity index (χ2v) is 3.55. The van der Waals surface area contributed by atoms with Crippen molar-refractivity contribution < 1.29 is 14.9 Å². The van der Waals surface area contributed by atoms with Crippen LogP contribution in [0.3, 0.4) is 0 Å². The van der Waals surface area contributed by atoms with E-state index in [0.29, 0.717) is 23.6 Å². The van der Waals surface area contributed by atoms with Crippen LogP contribution < -0.4 is 10.5 Å². The molecular formula is C10H14ClNO3. The van der Waals surface area contributed by atoms with Crippen LogP contribution in [0.2, 0.25) is 5.02 Å². The van der Waals surface area contributed by atoms with Crippen LogP contribution in [0.5, 0.6) is 11.5 Å². The van der Waals surface area contributed by atoms with E-state index in [0.717, 1.165) is 0 Å². The van der Waals surface area contributed by atoms with E-state index in [2.05, 4.69) is 0 Å². The molecule has 1 aromatic rings. The van der Waals surface area contributed by atoms with Crippen LogP contribution in [0.15, 0.2) is 12.1 Å². The quantitative estimate of drug-likeness (QED) is 0.733. The van der Waals surface area contributed by atoms with Gasteiger partial charge in [0.2, 0.25) is 0 Å². The number of aliphatic hydroxyl groups excluding tert-OH is 1. The Hall–Kier alpha value is -0.970. The van der Waals surface area contributed by atoms with Crippen LogP contribution in [0.1, 0.15) is 18.1 Å². The molecule has 0 aliphatic rings. The molecule has 0 saturated carbocycles. The fraction of sp³-hybridized carbons (Fsp3) is 0.400.